The summed E-state index contributed by atoms with van der Waals surface area (Å²) in [4.78, 5) is 0. The van der Waals surface area contributed by atoms with Gasteiger partial charge in [-0.15, -0.1) is 0 Å². The molecule has 0 fully saturated rings. The maximum absolute atomic E-state index is 6.92. The Morgan fingerprint density at radius 1 is 0.580 bits per heavy atom. The Morgan fingerprint density at radius 3 is 2.12 bits per heavy atom. The number of hydrogen-bond acceptors (Lipinski definition) is 1. The molecule has 2 aliphatic heterocycles. The molecule has 0 spiro atoms. The van der Waals surface area contributed by atoms with Gasteiger partial charge < -0.3 is 13.5 Å². The molecule has 4 aliphatic rings. The van der Waals surface area contributed by atoms with Crippen molar-refractivity contribution in [3.63, 3.8) is 0 Å². The molecule has 234 valence electrons. The van der Waals surface area contributed by atoms with Crippen molar-refractivity contribution in [1.82, 2.24) is 9.05 Å². The van der Waals surface area contributed by atoms with Crippen LogP contribution in [-0.2, 0) is 10.8 Å². The maximum Gasteiger partial charge on any atom is 0.336 e. The molecular weight excluding hydrogens is 607 g/mol. The van der Waals surface area contributed by atoms with E-state index < -0.39 is 0 Å². The monoisotopic (exact) mass is 638 g/mol. The van der Waals surface area contributed by atoms with Gasteiger partial charge in [-0.25, -0.2) is 0 Å². The summed E-state index contributed by atoms with van der Waals surface area (Å²) in [5, 5.41) is 5.01. The standard InChI is InChI=1S/C46H31BN2O/c1-45(2)31-19-8-5-13-24(31)30-23-34-40-38(39(30)45)29-17-11-16-28-37-26-15-7-10-22-35(26)50-44(37)49(41(28)29)47(40)33-21-12-18-27-36-25-14-6-9-20-32(25)46(3,4)43(36)48(34)42(27)33/h5-23H,1-4H3. The minimum absolute atomic E-state index is 0.0372. The normalized spacial score (nSPS) is 16.3. The van der Waals surface area contributed by atoms with Crippen LogP contribution in [0.5, 0.6) is 0 Å². The van der Waals surface area contributed by atoms with Gasteiger partial charge in [-0.1, -0.05) is 131 Å². The van der Waals surface area contributed by atoms with Gasteiger partial charge in [0.25, 0.3) is 0 Å². The second-order valence-electron chi connectivity index (χ2n) is 16.0. The third kappa shape index (κ3) is 2.57. The molecule has 13 rings (SSSR count). The van der Waals surface area contributed by atoms with Crippen LogP contribution in [0, 0.1) is 0 Å². The largest absolute Gasteiger partial charge is 0.441 e. The summed E-state index contributed by atoms with van der Waals surface area (Å²) in [6.45, 7) is 9.68. The molecule has 0 N–H and O–H groups in total. The molecule has 0 saturated carbocycles. The van der Waals surface area contributed by atoms with Crippen molar-refractivity contribution in [1.29, 1.82) is 0 Å². The van der Waals surface area contributed by atoms with Crippen molar-refractivity contribution < 1.29 is 4.42 Å². The zero-order valence-corrected chi connectivity index (χ0v) is 28.3. The van der Waals surface area contributed by atoms with E-state index in [2.05, 4.69) is 152 Å². The predicted molar refractivity (Wildman–Crippen MR) is 207 cm³/mol. The number of hydrogen-bond donors (Lipinski definition) is 0. The quantitative estimate of drug-likeness (QED) is 0.152. The van der Waals surface area contributed by atoms with Crippen molar-refractivity contribution in [3.8, 4) is 39.1 Å². The predicted octanol–water partition coefficient (Wildman–Crippen LogP) is 10.0. The molecule has 2 aliphatic carbocycles. The molecule has 0 amide bonds. The summed E-state index contributed by atoms with van der Waals surface area (Å²) in [5.41, 5.74) is 22.1. The van der Waals surface area contributed by atoms with E-state index in [4.69, 9.17) is 4.42 Å². The lowest BCUT2D eigenvalue weighted by Gasteiger charge is -2.38. The molecule has 0 atom stereocenters. The summed E-state index contributed by atoms with van der Waals surface area (Å²) in [5.74, 6) is 0. The number of aromatic nitrogens is 2. The van der Waals surface area contributed by atoms with Crippen LogP contribution in [0.2, 0.25) is 0 Å². The number of benzene rings is 6. The minimum Gasteiger partial charge on any atom is -0.441 e. The van der Waals surface area contributed by atoms with Gasteiger partial charge in [0.1, 0.15) is 5.58 Å². The minimum atomic E-state index is -0.169. The van der Waals surface area contributed by atoms with Crippen molar-refractivity contribution in [2.75, 3.05) is 0 Å². The lowest BCUT2D eigenvalue weighted by Crippen LogP contribution is -2.56. The van der Waals surface area contributed by atoms with Crippen LogP contribution < -0.4 is 10.9 Å². The zero-order valence-electron chi connectivity index (χ0n) is 28.3. The number of nitrogens with zero attached hydrogens (tertiary/aromatic N) is 2. The Morgan fingerprint density at radius 2 is 1.26 bits per heavy atom. The molecule has 9 aromatic rings. The molecule has 0 bridgehead atoms. The smallest absolute Gasteiger partial charge is 0.336 e. The van der Waals surface area contributed by atoms with Gasteiger partial charge in [-0.05, 0) is 62.0 Å². The molecular formula is C46H31BN2O. The summed E-state index contributed by atoms with van der Waals surface area (Å²) >= 11 is 0. The highest BCUT2D eigenvalue weighted by Crippen LogP contribution is 2.58. The SMILES string of the molecule is CC1(C)c2ccccc2-c2cc3c4c(c21)-c1cccc2c5c6ccccc6oc5n(c12)B4c1cccc2c4c(n-3c12)C(C)(C)c1ccccc1-4. The van der Waals surface area contributed by atoms with Crippen molar-refractivity contribution in [2.45, 2.75) is 38.5 Å². The Hall–Kier alpha value is -5.74. The van der Waals surface area contributed by atoms with E-state index in [1.807, 2.05) is 0 Å². The molecule has 0 radical (unpaired) electrons. The van der Waals surface area contributed by atoms with Crippen LogP contribution >= 0.6 is 0 Å². The molecule has 6 aromatic carbocycles. The van der Waals surface area contributed by atoms with E-state index in [1.165, 1.54) is 105 Å². The highest BCUT2D eigenvalue weighted by molar-refractivity contribution is 6.90. The topological polar surface area (TPSA) is 23.0 Å². The molecule has 5 heterocycles. The Balaban J connectivity index is 1.31. The fraction of sp³-hybridized carbons (Fsp3) is 0.130. The van der Waals surface area contributed by atoms with Gasteiger partial charge in [0.15, 0.2) is 5.71 Å². The van der Waals surface area contributed by atoms with E-state index in [0.717, 1.165) is 11.3 Å². The van der Waals surface area contributed by atoms with E-state index >= 15 is 0 Å². The summed E-state index contributed by atoms with van der Waals surface area (Å²) in [6.07, 6.45) is 0. The van der Waals surface area contributed by atoms with Crippen LogP contribution in [0.15, 0.2) is 120 Å². The fourth-order valence-electron chi connectivity index (χ4n) is 11.2. The number of rotatable bonds is 0. The van der Waals surface area contributed by atoms with Crippen LogP contribution in [0.3, 0.4) is 0 Å². The zero-order chi connectivity index (χ0) is 33.0. The van der Waals surface area contributed by atoms with Crippen LogP contribution in [0.4, 0.5) is 0 Å². The van der Waals surface area contributed by atoms with Crippen LogP contribution in [0.25, 0.3) is 82.9 Å². The third-order valence-electron chi connectivity index (χ3n) is 13.0. The first-order chi connectivity index (χ1) is 24.4. The molecule has 50 heavy (non-hydrogen) atoms. The first kappa shape index (κ1) is 26.2. The molecule has 3 nitrogen and oxygen atoms in total. The average Bonchev–Trinajstić information content (AvgIpc) is 3.89. The van der Waals surface area contributed by atoms with Gasteiger partial charge in [0, 0.05) is 55.0 Å². The van der Waals surface area contributed by atoms with Gasteiger partial charge in [-0.2, -0.15) is 0 Å². The number of furan rings is 1. The lowest BCUT2D eigenvalue weighted by atomic mass is 9.45. The first-order valence-corrected chi connectivity index (χ1v) is 17.9. The van der Waals surface area contributed by atoms with E-state index in [1.54, 1.807) is 0 Å². The van der Waals surface area contributed by atoms with Crippen molar-refractivity contribution in [3.05, 3.63) is 138 Å². The van der Waals surface area contributed by atoms with Gasteiger partial charge >= 0.3 is 6.85 Å². The van der Waals surface area contributed by atoms with Gasteiger partial charge in [-0.3, -0.25) is 0 Å². The van der Waals surface area contributed by atoms with Crippen LogP contribution in [0.1, 0.15) is 50.1 Å². The highest BCUT2D eigenvalue weighted by Gasteiger charge is 2.50. The molecule has 4 heteroatoms. The van der Waals surface area contributed by atoms with Gasteiger partial charge in [0.05, 0.1) is 10.9 Å². The summed E-state index contributed by atoms with van der Waals surface area (Å²) in [6, 6.07) is 43.3. The Bertz CT molecular complexity index is 3110. The first-order valence-electron chi connectivity index (χ1n) is 17.9. The lowest BCUT2D eigenvalue weighted by molar-refractivity contribution is 0.623. The average molecular weight is 639 g/mol. The number of fused-ring (bicyclic) bond motifs is 18. The van der Waals surface area contributed by atoms with Gasteiger partial charge in [0.2, 0.25) is 0 Å². The molecule has 3 aromatic heterocycles. The van der Waals surface area contributed by atoms with E-state index in [0.29, 0.717) is 0 Å². The van der Waals surface area contributed by atoms with Crippen molar-refractivity contribution in [2.24, 2.45) is 0 Å². The second-order valence-corrected chi connectivity index (χ2v) is 16.0. The Labute approximate surface area is 289 Å². The number of para-hydroxylation sites is 3. The highest BCUT2D eigenvalue weighted by atomic mass is 16.3. The fourth-order valence-corrected chi connectivity index (χ4v) is 11.2. The maximum atomic E-state index is 6.92. The molecule has 0 unspecified atom stereocenters. The summed E-state index contributed by atoms with van der Waals surface area (Å²) in [7, 11) is 0. The van der Waals surface area contributed by atoms with Crippen LogP contribution in [-0.4, -0.2) is 15.9 Å². The Kier molecular flexibility index (Phi) is 4.19. The molecule has 0 saturated heterocycles. The van der Waals surface area contributed by atoms with E-state index in [9.17, 15) is 0 Å². The second kappa shape index (κ2) is 8.00. The van der Waals surface area contributed by atoms with Crippen molar-refractivity contribution >= 4 is 61.6 Å². The van der Waals surface area contributed by atoms with E-state index in [-0.39, 0.29) is 17.7 Å². The summed E-state index contributed by atoms with van der Waals surface area (Å²) < 4.78 is 12.2. The third-order valence-corrected chi connectivity index (χ3v) is 13.0.